The zero-order chi connectivity index (χ0) is 31.3. The second-order valence-corrected chi connectivity index (χ2v) is 26.9. The third kappa shape index (κ3) is 10.1. The Morgan fingerprint density at radius 3 is 1.41 bits per heavy atom. The first kappa shape index (κ1) is 41.8. The van der Waals surface area contributed by atoms with Gasteiger partial charge in [-0.3, -0.25) is 0 Å². The second kappa shape index (κ2) is 19.1. The Labute approximate surface area is 263 Å². The molecule has 4 fully saturated rings. The van der Waals surface area contributed by atoms with Gasteiger partial charge in [0.15, 0.2) is 0 Å². The van der Waals surface area contributed by atoms with Gasteiger partial charge in [0.2, 0.25) is 0 Å². The summed E-state index contributed by atoms with van der Waals surface area (Å²) in [6, 6.07) is 11.1. The molecule has 1 aromatic carbocycles. The summed E-state index contributed by atoms with van der Waals surface area (Å²) >= 11 is 0. The molecule has 0 amide bonds. The topological polar surface area (TPSA) is 125 Å². The molecule has 0 N–H and O–H groups in total. The first-order valence-electron chi connectivity index (χ1n) is 13.1. The first-order chi connectivity index (χ1) is 19.1. The van der Waals surface area contributed by atoms with Crippen molar-refractivity contribution in [2.75, 3.05) is 0 Å². The van der Waals surface area contributed by atoms with Crippen LogP contribution in [0.25, 0.3) is 11.0 Å². The smallest absolute Gasteiger partial charge is 0 e. The van der Waals surface area contributed by atoms with E-state index < -0.39 is 23.8 Å². The van der Waals surface area contributed by atoms with E-state index >= 15 is 0 Å². The summed E-state index contributed by atoms with van der Waals surface area (Å²) < 4.78 is 43.2. The Morgan fingerprint density at radius 1 is 0.707 bits per heavy atom. The summed E-state index contributed by atoms with van der Waals surface area (Å²) in [5.74, 6) is 4.15. The van der Waals surface area contributed by atoms with Crippen molar-refractivity contribution in [1.82, 2.24) is 9.73 Å². The molecule has 1 aromatic heterocycles. The van der Waals surface area contributed by atoms with Gasteiger partial charge in [-0.05, 0) is 64.0 Å². The fourth-order valence-electron chi connectivity index (χ4n) is 7.93. The van der Waals surface area contributed by atoms with E-state index in [1.54, 1.807) is 0 Å². The van der Waals surface area contributed by atoms with Crippen LogP contribution in [0.2, 0.25) is 39.3 Å². The van der Waals surface area contributed by atoms with Gasteiger partial charge in [-0.15, -0.1) is 0 Å². The van der Waals surface area contributed by atoms with Crippen LogP contribution < -0.4 is 0 Å². The first-order valence-corrected chi connectivity index (χ1v) is 21.6. The molecular weight excluding hydrogens is 739 g/mol. The molecule has 41 heavy (non-hydrogen) atoms. The van der Waals surface area contributed by atoms with Crippen LogP contribution in [0.1, 0.15) is 49.3 Å². The van der Waals surface area contributed by atoms with Crippen molar-refractivity contribution in [2.45, 2.75) is 88.1 Å². The Morgan fingerprint density at radius 2 is 1.07 bits per heavy atom. The Hall–Kier alpha value is -1.32. The van der Waals surface area contributed by atoms with Crippen molar-refractivity contribution in [3.63, 3.8) is 0 Å². The fraction of sp³-hybridized carbons (Fsp3) is 0.567. The summed E-state index contributed by atoms with van der Waals surface area (Å²) in [6.07, 6.45) is 8.58. The Kier molecular flexibility index (Phi) is 19.4. The number of nitrogens with zero attached hydrogens (tertiary/aromatic N) is 2. The van der Waals surface area contributed by atoms with Gasteiger partial charge in [-0.1, -0.05) is 69.6 Å². The number of hydrogen-bond donors (Lipinski definition) is 0. The number of rotatable bonds is 5. The maximum Gasteiger partial charge on any atom is 0 e. The van der Waals surface area contributed by atoms with Gasteiger partial charge in [-0.25, -0.2) is 9.73 Å². The molecule has 4 aliphatic carbocycles. The van der Waals surface area contributed by atoms with E-state index in [0.717, 1.165) is 22.7 Å². The average Bonchev–Trinajstić information content (AvgIpc) is 3.38. The van der Waals surface area contributed by atoms with Crippen LogP contribution in [-0.4, -0.2) is 25.9 Å². The van der Waals surface area contributed by atoms with E-state index in [1.807, 2.05) is 0 Å². The van der Waals surface area contributed by atoms with Crippen LogP contribution >= 0.6 is 7.69 Å². The van der Waals surface area contributed by atoms with E-state index in [9.17, 15) is 0 Å². The van der Waals surface area contributed by atoms with Crippen LogP contribution in [-0.2, 0) is 49.7 Å². The molecule has 7 nitrogen and oxygen atoms in total. The minimum Gasteiger partial charge on any atom is 0 e. The van der Waals surface area contributed by atoms with Gasteiger partial charge in [0.25, 0.3) is 0 Å². The van der Waals surface area contributed by atoms with Gasteiger partial charge in [0.05, 0.1) is 16.1 Å². The zero-order valence-electron chi connectivity index (χ0n) is 24.7. The molecule has 1 heterocycles. The van der Waals surface area contributed by atoms with E-state index in [0.29, 0.717) is 5.41 Å². The molecule has 4 saturated carbocycles. The number of benzene rings is 1. The van der Waals surface area contributed by atoms with Crippen LogP contribution in [0.15, 0.2) is 30.3 Å². The molecule has 6 rings (SSSR count). The maximum absolute atomic E-state index is 7.50. The van der Waals surface area contributed by atoms with Gasteiger partial charge >= 0.3 is 56.5 Å². The molecule has 0 spiro atoms. The van der Waals surface area contributed by atoms with E-state index in [-0.39, 0.29) is 21.1 Å². The molecular formula is C30H39N2O5PSi2W. The molecule has 11 heteroatoms. The number of hydrogen-bond acceptors (Lipinski definition) is 2. The van der Waals surface area contributed by atoms with Crippen molar-refractivity contribution in [2.24, 2.45) is 17.8 Å². The van der Waals surface area contributed by atoms with E-state index in [1.165, 1.54) is 55.3 Å². The Bertz CT molecular complexity index is 1080. The monoisotopic (exact) mass is 778 g/mol. The SMILES string of the molecule is C[Si](C)(C)C(p1nc(C23CC4CC(CC(C4)C2)C3)nc1-c1ccccc1)[Si](C)(C)C.[C-]#[O+].[C-]#[O+].[C-]#[O+].[C-]#[O+].[C-]#[O+].[W]. The third-order valence-electron chi connectivity index (χ3n) is 8.06. The van der Waals surface area contributed by atoms with Gasteiger partial charge in [-0.2, -0.15) is 0 Å². The molecule has 218 valence electrons. The van der Waals surface area contributed by atoms with Crippen molar-refractivity contribution in [3.8, 4) is 11.0 Å². The minimum absolute atomic E-state index is 0. The fourth-order valence-corrected chi connectivity index (χ4v) is 26.8. The summed E-state index contributed by atoms with van der Waals surface area (Å²) in [5, 5.41) is 0. The summed E-state index contributed by atoms with van der Waals surface area (Å²) in [7, 11) is -3.31. The zero-order valence-corrected chi connectivity index (χ0v) is 30.6. The molecule has 1 atom stereocenters. The third-order valence-corrected chi connectivity index (χ3v) is 24.3. The van der Waals surface area contributed by atoms with E-state index in [4.69, 9.17) is 33.0 Å². The summed E-state index contributed by atoms with van der Waals surface area (Å²) in [5.41, 5.74) is 3.02. The van der Waals surface area contributed by atoms with Gasteiger partial charge in [0.1, 0.15) is 11.3 Å². The minimum atomic E-state index is -1.38. The quantitative estimate of drug-likeness (QED) is 0.175. The molecule has 2 aromatic rings. The van der Waals surface area contributed by atoms with Crippen molar-refractivity contribution in [3.05, 3.63) is 69.4 Å². The molecule has 0 radical (unpaired) electrons. The predicted octanol–water partition coefficient (Wildman–Crippen LogP) is 7.70. The molecule has 1 unspecified atom stereocenters. The standard InChI is InChI=1S/C25H39N2PSi2.5CO.W/c1-29(2,3)24(30(4,5)6)28-22(21-10-8-7-9-11-21)26-23(27-28)25-15-18-12-19(16-25)14-20(13-18)17-25;5*1-2;/h7-11,18-20,24H,12-17H2,1-6H3;;;;;;. The van der Waals surface area contributed by atoms with Crippen molar-refractivity contribution < 1.29 is 44.3 Å². The van der Waals surface area contributed by atoms with E-state index in [2.05, 4.69) is 103 Å². The maximum atomic E-state index is 7.50. The van der Waals surface area contributed by atoms with Crippen molar-refractivity contribution >= 4 is 23.8 Å². The summed E-state index contributed by atoms with van der Waals surface area (Å²) in [6.45, 7) is 38.0. The van der Waals surface area contributed by atoms with Gasteiger partial charge in [0, 0.05) is 36.9 Å². The average molecular weight is 779 g/mol. The second-order valence-electron chi connectivity index (χ2n) is 12.9. The van der Waals surface area contributed by atoms with Crippen LogP contribution in [0.5, 0.6) is 0 Å². The molecule has 0 saturated heterocycles. The largest absolute Gasteiger partial charge is 0 e. The van der Waals surface area contributed by atoms with Crippen LogP contribution in [0.4, 0.5) is 0 Å². The van der Waals surface area contributed by atoms with Crippen molar-refractivity contribution in [1.29, 1.82) is 0 Å². The number of aromatic nitrogens is 2. The molecule has 4 aliphatic rings. The molecule has 4 bridgehead atoms. The van der Waals surface area contributed by atoms with Gasteiger partial charge < -0.3 is 0 Å². The van der Waals surface area contributed by atoms with Crippen LogP contribution in [0, 0.1) is 51.0 Å². The van der Waals surface area contributed by atoms with Crippen LogP contribution in [0.3, 0.4) is 0 Å². The Balaban J connectivity index is 0. The molecule has 0 aliphatic heterocycles. The summed E-state index contributed by atoms with van der Waals surface area (Å²) in [4.78, 5) is 6.30. The predicted molar refractivity (Wildman–Crippen MR) is 155 cm³/mol. The normalized spacial score (nSPS) is 23.3.